The van der Waals surface area contributed by atoms with Gasteiger partial charge in [0.15, 0.2) is 0 Å². The van der Waals surface area contributed by atoms with E-state index < -0.39 is 0 Å². The zero-order valence-corrected chi connectivity index (χ0v) is 6.74. The first-order valence-corrected chi connectivity index (χ1v) is 3.61. The summed E-state index contributed by atoms with van der Waals surface area (Å²) in [5, 5.41) is 0. The van der Waals surface area contributed by atoms with Gasteiger partial charge in [0, 0.05) is 6.61 Å². The van der Waals surface area contributed by atoms with Crippen LogP contribution in [0.3, 0.4) is 0 Å². The zero-order valence-electron chi connectivity index (χ0n) is 6.74. The van der Waals surface area contributed by atoms with E-state index in [9.17, 15) is 0 Å². The van der Waals surface area contributed by atoms with Crippen molar-refractivity contribution in [2.75, 3.05) is 6.61 Å². The van der Waals surface area contributed by atoms with Crippen molar-refractivity contribution in [1.29, 1.82) is 0 Å². The molecule has 1 heteroatoms. The van der Waals surface area contributed by atoms with Crippen molar-refractivity contribution in [2.24, 2.45) is 0 Å². The van der Waals surface area contributed by atoms with Crippen LogP contribution in [-0.2, 0) is 4.74 Å². The van der Waals surface area contributed by atoms with Crippen molar-refractivity contribution < 1.29 is 4.74 Å². The summed E-state index contributed by atoms with van der Waals surface area (Å²) in [6.45, 7) is 10.6. The minimum atomic E-state index is 0.0712. The topological polar surface area (TPSA) is 9.23 Å². The maximum Gasteiger partial charge on any atom is 0.0649 e. The van der Waals surface area contributed by atoms with E-state index in [2.05, 4.69) is 27.7 Å². The fourth-order valence-corrected chi connectivity index (χ4v) is 0.701. The molecule has 0 spiro atoms. The van der Waals surface area contributed by atoms with Crippen LogP contribution in [0.25, 0.3) is 0 Å². The number of hydrogen-bond acceptors (Lipinski definition) is 1. The fourth-order valence-electron chi connectivity index (χ4n) is 0.701. The highest BCUT2D eigenvalue weighted by Gasteiger charge is 2.18. The van der Waals surface area contributed by atoms with Gasteiger partial charge in [0.2, 0.25) is 0 Å². The molecule has 0 amide bonds. The van der Waals surface area contributed by atoms with E-state index in [1.165, 1.54) is 0 Å². The fraction of sp³-hybridized carbons (Fsp3) is 0.875. The Bertz CT molecular complexity index is 65.0. The largest absolute Gasteiger partial charge is 0.375 e. The summed E-state index contributed by atoms with van der Waals surface area (Å²) in [6, 6.07) is 0. The molecule has 0 heterocycles. The second-order valence-electron chi connectivity index (χ2n) is 2.51. The predicted molar refractivity (Wildman–Crippen MR) is 40.3 cm³/mol. The van der Waals surface area contributed by atoms with E-state index in [1.54, 1.807) is 0 Å². The third-order valence-electron chi connectivity index (χ3n) is 1.95. The van der Waals surface area contributed by atoms with Gasteiger partial charge in [-0.1, -0.05) is 13.8 Å². The van der Waals surface area contributed by atoms with Crippen LogP contribution in [0.1, 0.15) is 33.6 Å². The quantitative estimate of drug-likeness (QED) is 0.566. The molecule has 0 saturated heterocycles. The normalized spacial score (nSPS) is 12.0. The first-order chi connectivity index (χ1) is 4.18. The Balaban J connectivity index is 3.62. The summed E-state index contributed by atoms with van der Waals surface area (Å²) < 4.78 is 5.42. The minimum absolute atomic E-state index is 0.0712. The summed E-state index contributed by atoms with van der Waals surface area (Å²) >= 11 is 0. The molecule has 0 aromatic heterocycles. The monoisotopic (exact) mass is 129 g/mol. The first-order valence-electron chi connectivity index (χ1n) is 3.61. The van der Waals surface area contributed by atoms with Gasteiger partial charge in [-0.3, -0.25) is 0 Å². The summed E-state index contributed by atoms with van der Waals surface area (Å²) in [5.74, 6) is 0. The molecule has 55 valence electrons. The molecule has 1 nitrogen and oxygen atoms in total. The lowest BCUT2D eigenvalue weighted by Crippen LogP contribution is -2.26. The molecule has 0 aliphatic heterocycles. The lowest BCUT2D eigenvalue weighted by molar-refractivity contribution is -0.0226. The zero-order chi connectivity index (χ0) is 7.33. The minimum Gasteiger partial charge on any atom is -0.375 e. The van der Waals surface area contributed by atoms with Gasteiger partial charge in [-0.05, 0) is 26.7 Å². The molecule has 0 aromatic rings. The van der Waals surface area contributed by atoms with Gasteiger partial charge in [0.05, 0.1) is 5.60 Å². The predicted octanol–water partition coefficient (Wildman–Crippen LogP) is 2.42. The molecule has 0 aliphatic rings. The molecule has 0 aliphatic carbocycles. The Morgan fingerprint density at radius 3 is 1.89 bits per heavy atom. The second-order valence-corrected chi connectivity index (χ2v) is 2.51. The second kappa shape index (κ2) is 3.89. The third-order valence-corrected chi connectivity index (χ3v) is 1.95. The first kappa shape index (κ1) is 8.96. The Morgan fingerprint density at radius 2 is 1.78 bits per heavy atom. The summed E-state index contributed by atoms with van der Waals surface area (Å²) in [7, 11) is 0. The standard InChI is InChI=1S/C8H17O/c1-5-8(4,6-2)9-7-3/h3,5-7H2,1-2,4H3. The van der Waals surface area contributed by atoms with Gasteiger partial charge in [0.1, 0.15) is 0 Å². The van der Waals surface area contributed by atoms with Crippen LogP contribution < -0.4 is 0 Å². The molecule has 0 aromatic carbocycles. The lowest BCUT2D eigenvalue weighted by Gasteiger charge is -2.26. The van der Waals surface area contributed by atoms with Crippen molar-refractivity contribution in [3.05, 3.63) is 6.92 Å². The Morgan fingerprint density at radius 1 is 1.33 bits per heavy atom. The molecule has 0 N–H and O–H groups in total. The molecule has 1 radical (unpaired) electrons. The number of ether oxygens (including phenoxy) is 1. The summed E-state index contributed by atoms with van der Waals surface area (Å²) in [6.07, 6.45) is 2.14. The molecule has 0 bridgehead atoms. The maximum atomic E-state index is 5.42. The van der Waals surface area contributed by atoms with Crippen molar-refractivity contribution in [2.45, 2.75) is 39.2 Å². The summed E-state index contributed by atoms with van der Waals surface area (Å²) in [4.78, 5) is 0. The molecular weight excluding hydrogens is 112 g/mol. The van der Waals surface area contributed by atoms with Crippen LogP contribution in [0, 0.1) is 6.92 Å². The van der Waals surface area contributed by atoms with Gasteiger partial charge in [-0.2, -0.15) is 0 Å². The smallest absolute Gasteiger partial charge is 0.0649 e. The van der Waals surface area contributed by atoms with Crippen molar-refractivity contribution in [3.8, 4) is 0 Å². The van der Waals surface area contributed by atoms with Crippen molar-refractivity contribution in [1.82, 2.24) is 0 Å². The van der Waals surface area contributed by atoms with Gasteiger partial charge >= 0.3 is 0 Å². The molecule has 0 saturated carbocycles. The average molecular weight is 129 g/mol. The highest BCUT2D eigenvalue weighted by atomic mass is 16.5. The molecular formula is C8H17O. The highest BCUT2D eigenvalue weighted by molar-refractivity contribution is 4.70. The number of hydrogen-bond donors (Lipinski definition) is 0. The van der Waals surface area contributed by atoms with E-state index in [1.807, 2.05) is 0 Å². The van der Waals surface area contributed by atoms with E-state index in [4.69, 9.17) is 4.74 Å². The van der Waals surface area contributed by atoms with Crippen LogP contribution in [0.2, 0.25) is 0 Å². The van der Waals surface area contributed by atoms with Gasteiger partial charge in [0.25, 0.3) is 0 Å². The van der Waals surface area contributed by atoms with Gasteiger partial charge in [-0.15, -0.1) is 0 Å². The van der Waals surface area contributed by atoms with Crippen molar-refractivity contribution in [3.63, 3.8) is 0 Å². The van der Waals surface area contributed by atoms with Crippen LogP contribution in [-0.4, -0.2) is 12.2 Å². The van der Waals surface area contributed by atoms with Crippen LogP contribution in [0.4, 0.5) is 0 Å². The number of rotatable bonds is 4. The van der Waals surface area contributed by atoms with E-state index >= 15 is 0 Å². The molecule has 9 heavy (non-hydrogen) atoms. The average Bonchev–Trinajstić information content (AvgIpc) is 1.89. The molecule has 0 unspecified atom stereocenters. The Kier molecular flexibility index (Phi) is 3.87. The van der Waals surface area contributed by atoms with Crippen molar-refractivity contribution >= 4 is 0 Å². The molecule has 0 fully saturated rings. The highest BCUT2D eigenvalue weighted by Crippen LogP contribution is 2.18. The Labute approximate surface area is 58.4 Å². The SMILES string of the molecule is [CH2]COC(C)(CC)CC. The van der Waals surface area contributed by atoms with Gasteiger partial charge < -0.3 is 4.74 Å². The summed E-state index contributed by atoms with van der Waals surface area (Å²) in [5.41, 5.74) is 0.0712. The van der Waals surface area contributed by atoms with Crippen LogP contribution >= 0.6 is 0 Å². The Hall–Kier alpha value is -0.0400. The maximum absolute atomic E-state index is 5.42. The molecule has 0 rings (SSSR count). The van der Waals surface area contributed by atoms with Crippen LogP contribution in [0.5, 0.6) is 0 Å². The molecule has 0 atom stereocenters. The van der Waals surface area contributed by atoms with Gasteiger partial charge in [-0.25, -0.2) is 0 Å². The third kappa shape index (κ3) is 2.85. The lowest BCUT2D eigenvalue weighted by atomic mass is 10.0. The van der Waals surface area contributed by atoms with E-state index in [-0.39, 0.29) is 5.60 Å². The van der Waals surface area contributed by atoms with Crippen LogP contribution in [0.15, 0.2) is 0 Å². The van der Waals surface area contributed by atoms with E-state index in [0.717, 1.165) is 12.8 Å². The van der Waals surface area contributed by atoms with E-state index in [0.29, 0.717) is 6.61 Å².